The SMILES string of the molecule is C=C1CC2C=CC1C2.CC=C1CC2C=CC1C2. The van der Waals surface area contributed by atoms with Gasteiger partial charge in [0.25, 0.3) is 0 Å². The van der Waals surface area contributed by atoms with Crippen LogP contribution in [0.15, 0.2) is 48.1 Å². The molecule has 4 aliphatic rings. The first kappa shape index (κ1) is 11.1. The number of rotatable bonds is 0. The van der Waals surface area contributed by atoms with Crippen molar-refractivity contribution in [2.24, 2.45) is 23.7 Å². The first-order valence-corrected chi connectivity index (χ1v) is 6.95. The maximum atomic E-state index is 3.99. The summed E-state index contributed by atoms with van der Waals surface area (Å²) in [5.74, 6) is 3.37. The van der Waals surface area contributed by atoms with Crippen LogP contribution in [0.3, 0.4) is 0 Å². The Kier molecular flexibility index (Phi) is 2.82. The number of allylic oxidation sites excluding steroid dienone is 7. The van der Waals surface area contributed by atoms with Gasteiger partial charge in [-0.15, -0.1) is 0 Å². The highest BCUT2D eigenvalue weighted by Crippen LogP contribution is 2.42. The Morgan fingerprint density at radius 3 is 1.88 bits per heavy atom. The minimum absolute atomic E-state index is 0.764. The van der Waals surface area contributed by atoms with Gasteiger partial charge in [-0.1, -0.05) is 48.1 Å². The number of hydrogen-bond acceptors (Lipinski definition) is 0. The van der Waals surface area contributed by atoms with Gasteiger partial charge in [0.05, 0.1) is 0 Å². The summed E-state index contributed by atoms with van der Waals surface area (Å²) in [6.07, 6.45) is 17.0. The summed E-state index contributed by atoms with van der Waals surface area (Å²) in [6.45, 7) is 6.14. The molecule has 0 radical (unpaired) electrons. The molecule has 0 heteroatoms. The maximum Gasteiger partial charge on any atom is -0.00174 e. The van der Waals surface area contributed by atoms with Crippen LogP contribution in [0.25, 0.3) is 0 Å². The van der Waals surface area contributed by atoms with Crippen molar-refractivity contribution in [2.75, 3.05) is 0 Å². The third-order valence-corrected chi connectivity index (χ3v) is 4.74. The fourth-order valence-electron chi connectivity index (χ4n) is 3.70. The van der Waals surface area contributed by atoms with E-state index in [9.17, 15) is 0 Å². The molecule has 0 nitrogen and oxygen atoms in total. The van der Waals surface area contributed by atoms with Gasteiger partial charge in [-0.25, -0.2) is 0 Å². The lowest BCUT2D eigenvalue weighted by Gasteiger charge is -2.05. The molecule has 90 valence electrons. The molecule has 0 aliphatic heterocycles. The fraction of sp³-hybridized carbons (Fsp3) is 0.529. The molecule has 17 heavy (non-hydrogen) atoms. The van der Waals surface area contributed by atoms with E-state index in [4.69, 9.17) is 0 Å². The van der Waals surface area contributed by atoms with E-state index in [1.54, 1.807) is 5.57 Å². The van der Waals surface area contributed by atoms with Crippen molar-refractivity contribution in [3.8, 4) is 0 Å². The Labute approximate surface area is 105 Å². The standard InChI is InChI=1S/C9H12.C8H10/c1-2-8-5-7-3-4-9(8)6-7;1-6-4-7-2-3-8(6)5-7/h2-4,7,9H,5-6H2,1H3;2-3,7-8H,1,4-5H2. The molecule has 4 atom stereocenters. The van der Waals surface area contributed by atoms with E-state index in [1.807, 2.05) is 0 Å². The maximum absolute atomic E-state index is 3.99. The minimum atomic E-state index is 0.764. The molecular formula is C17H22. The zero-order chi connectivity index (χ0) is 11.8. The zero-order valence-corrected chi connectivity index (χ0v) is 10.7. The third kappa shape index (κ3) is 2.06. The second-order valence-corrected chi connectivity index (χ2v) is 5.90. The van der Waals surface area contributed by atoms with Crippen LogP contribution < -0.4 is 0 Å². The summed E-state index contributed by atoms with van der Waals surface area (Å²) in [6, 6.07) is 0. The van der Waals surface area contributed by atoms with Crippen molar-refractivity contribution in [1.82, 2.24) is 0 Å². The molecular weight excluding hydrogens is 204 g/mol. The summed E-state index contributed by atoms with van der Waals surface area (Å²) in [5, 5.41) is 0. The van der Waals surface area contributed by atoms with Gasteiger partial charge in [0, 0.05) is 0 Å². The second kappa shape index (κ2) is 4.33. The molecule has 2 fully saturated rings. The van der Waals surface area contributed by atoms with Gasteiger partial charge in [0.1, 0.15) is 0 Å². The number of hydrogen-bond donors (Lipinski definition) is 0. The third-order valence-electron chi connectivity index (χ3n) is 4.74. The van der Waals surface area contributed by atoms with Crippen LogP contribution in [-0.4, -0.2) is 0 Å². The van der Waals surface area contributed by atoms with Crippen molar-refractivity contribution in [2.45, 2.75) is 32.6 Å². The highest BCUT2D eigenvalue weighted by atomic mass is 14.3. The quantitative estimate of drug-likeness (QED) is 0.527. The molecule has 0 N–H and O–H groups in total. The highest BCUT2D eigenvalue weighted by Gasteiger charge is 2.30. The molecule has 0 aromatic carbocycles. The second-order valence-electron chi connectivity index (χ2n) is 5.90. The molecule has 0 aromatic rings. The van der Waals surface area contributed by atoms with Gasteiger partial charge in [0.15, 0.2) is 0 Å². The molecule has 0 amide bonds. The van der Waals surface area contributed by atoms with Crippen LogP contribution in [0.2, 0.25) is 0 Å². The Bertz CT molecular complexity index is 408. The lowest BCUT2D eigenvalue weighted by Crippen LogP contribution is -1.90. The minimum Gasteiger partial charge on any atom is -0.0992 e. The predicted octanol–water partition coefficient (Wildman–Crippen LogP) is 4.67. The molecule has 0 aromatic heterocycles. The normalized spacial score (nSPS) is 42.4. The van der Waals surface area contributed by atoms with Crippen LogP contribution in [0, 0.1) is 23.7 Å². The van der Waals surface area contributed by atoms with Gasteiger partial charge >= 0.3 is 0 Å². The number of fused-ring (bicyclic) bond motifs is 4. The Balaban J connectivity index is 0.000000107. The van der Waals surface area contributed by atoms with E-state index in [0.717, 1.165) is 23.7 Å². The summed E-state index contributed by atoms with van der Waals surface area (Å²) in [5.41, 5.74) is 3.12. The molecule has 0 heterocycles. The van der Waals surface area contributed by atoms with Crippen molar-refractivity contribution in [3.63, 3.8) is 0 Å². The summed E-state index contributed by atoms with van der Waals surface area (Å²) in [7, 11) is 0. The van der Waals surface area contributed by atoms with Crippen LogP contribution in [0.5, 0.6) is 0 Å². The zero-order valence-electron chi connectivity index (χ0n) is 10.7. The first-order valence-electron chi connectivity index (χ1n) is 6.95. The van der Waals surface area contributed by atoms with E-state index in [-0.39, 0.29) is 0 Å². The Morgan fingerprint density at radius 2 is 1.65 bits per heavy atom. The van der Waals surface area contributed by atoms with Crippen LogP contribution in [0.1, 0.15) is 32.6 Å². The molecule has 4 unspecified atom stereocenters. The van der Waals surface area contributed by atoms with Crippen molar-refractivity contribution < 1.29 is 0 Å². The first-order chi connectivity index (χ1) is 8.26. The monoisotopic (exact) mass is 226 g/mol. The molecule has 4 rings (SSSR count). The van der Waals surface area contributed by atoms with Crippen LogP contribution in [0.4, 0.5) is 0 Å². The van der Waals surface area contributed by atoms with E-state index in [0.29, 0.717) is 0 Å². The fourth-order valence-corrected chi connectivity index (χ4v) is 3.70. The molecule has 0 spiro atoms. The van der Waals surface area contributed by atoms with E-state index in [2.05, 4.69) is 43.9 Å². The molecule has 2 saturated carbocycles. The van der Waals surface area contributed by atoms with Crippen LogP contribution >= 0.6 is 0 Å². The Hall–Kier alpha value is -1.04. The lowest BCUT2D eigenvalue weighted by atomic mass is 10.0. The summed E-state index contributed by atoms with van der Waals surface area (Å²) in [4.78, 5) is 0. The van der Waals surface area contributed by atoms with Gasteiger partial charge in [-0.05, 0) is 56.3 Å². The highest BCUT2D eigenvalue weighted by molar-refractivity contribution is 5.26. The lowest BCUT2D eigenvalue weighted by molar-refractivity contribution is 0.693. The topological polar surface area (TPSA) is 0 Å². The van der Waals surface area contributed by atoms with Crippen molar-refractivity contribution >= 4 is 0 Å². The smallest absolute Gasteiger partial charge is 0.00174 e. The van der Waals surface area contributed by atoms with E-state index >= 15 is 0 Å². The molecule has 4 bridgehead atoms. The summed E-state index contributed by atoms with van der Waals surface area (Å²) < 4.78 is 0. The molecule has 4 aliphatic carbocycles. The average molecular weight is 226 g/mol. The van der Waals surface area contributed by atoms with Crippen LogP contribution in [-0.2, 0) is 0 Å². The van der Waals surface area contributed by atoms with E-state index < -0.39 is 0 Å². The van der Waals surface area contributed by atoms with Gasteiger partial charge < -0.3 is 0 Å². The van der Waals surface area contributed by atoms with E-state index in [1.165, 1.54) is 31.3 Å². The van der Waals surface area contributed by atoms with Gasteiger partial charge in [-0.2, -0.15) is 0 Å². The predicted molar refractivity (Wildman–Crippen MR) is 73.6 cm³/mol. The van der Waals surface area contributed by atoms with Crippen molar-refractivity contribution in [3.05, 3.63) is 48.1 Å². The van der Waals surface area contributed by atoms with Gasteiger partial charge in [-0.3, -0.25) is 0 Å². The Morgan fingerprint density at radius 1 is 1.00 bits per heavy atom. The largest absolute Gasteiger partial charge is 0.0992 e. The molecule has 0 saturated heterocycles. The average Bonchev–Trinajstić information content (AvgIpc) is 3.09. The van der Waals surface area contributed by atoms with Crippen molar-refractivity contribution in [1.29, 1.82) is 0 Å². The summed E-state index contributed by atoms with van der Waals surface area (Å²) >= 11 is 0. The van der Waals surface area contributed by atoms with Gasteiger partial charge in [0.2, 0.25) is 0 Å².